The van der Waals surface area contributed by atoms with Crippen LogP contribution in [0.3, 0.4) is 0 Å². The van der Waals surface area contributed by atoms with Crippen LogP contribution in [0.1, 0.15) is 11.1 Å². The summed E-state index contributed by atoms with van der Waals surface area (Å²) in [6.07, 6.45) is -3.79. The summed E-state index contributed by atoms with van der Waals surface area (Å²) in [6.45, 7) is 0. The molecule has 0 aliphatic heterocycles. The molecule has 0 saturated carbocycles. The zero-order valence-corrected chi connectivity index (χ0v) is 18.4. The van der Waals surface area contributed by atoms with E-state index < -0.39 is 37.1 Å². The van der Waals surface area contributed by atoms with Crippen molar-refractivity contribution in [2.45, 2.75) is 11.1 Å². The molecule has 7 nitrogen and oxygen atoms in total. The topological polar surface area (TPSA) is 110 Å². The highest BCUT2D eigenvalue weighted by Crippen LogP contribution is 2.35. The average Bonchev–Trinajstić information content (AvgIpc) is 2.78. The molecule has 3 aromatic rings. The van der Waals surface area contributed by atoms with Crippen LogP contribution in [0, 0.1) is 21.4 Å². The molecule has 0 radical (unpaired) electrons. The second kappa shape index (κ2) is 9.54. The van der Waals surface area contributed by atoms with Gasteiger partial charge in [-0.15, -0.1) is 0 Å². The molecule has 0 spiro atoms. The monoisotopic (exact) mass is 508 g/mol. The molecular weight excluding hydrogens is 497 g/mol. The third-order valence-electron chi connectivity index (χ3n) is 4.40. The maximum atomic E-state index is 13.0. The predicted molar refractivity (Wildman–Crippen MR) is 117 cm³/mol. The fraction of sp³-hybridized carbons (Fsp3) is 0.0455. The summed E-state index contributed by atoms with van der Waals surface area (Å²) in [5.74, 6) is -0.457. The van der Waals surface area contributed by atoms with E-state index in [1.807, 2.05) is 0 Å². The van der Waals surface area contributed by atoms with Crippen LogP contribution in [0.4, 0.5) is 18.9 Å². The Morgan fingerprint density at radius 2 is 1.76 bits per heavy atom. The highest BCUT2D eigenvalue weighted by molar-refractivity contribution is 7.95. The number of benzene rings is 3. The zero-order valence-electron chi connectivity index (χ0n) is 16.8. The first kappa shape index (κ1) is 24.8. The van der Waals surface area contributed by atoms with Gasteiger partial charge in [-0.25, -0.2) is 8.42 Å². The fourth-order valence-electron chi connectivity index (χ4n) is 2.77. The molecule has 34 heavy (non-hydrogen) atoms. The Balaban J connectivity index is 2.12. The molecule has 0 heterocycles. The quantitative estimate of drug-likeness (QED) is 0.216. The summed E-state index contributed by atoms with van der Waals surface area (Å²) >= 11 is 5.76. The molecule has 0 aliphatic rings. The normalized spacial score (nSPS) is 12.1. The minimum atomic E-state index is -4.64. The Kier molecular flexibility index (Phi) is 6.95. The average molecular weight is 509 g/mol. The van der Waals surface area contributed by atoms with Crippen LogP contribution in [-0.4, -0.2) is 13.3 Å². The molecule has 0 bridgehead atoms. The number of rotatable bonds is 6. The summed E-state index contributed by atoms with van der Waals surface area (Å²) in [7, 11) is -4.35. The van der Waals surface area contributed by atoms with Crippen molar-refractivity contribution in [2.75, 3.05) is 0 Å². The number of halogens is 4. The summed E-state index contributed by atoms with van der Waals surface area (Å²) < 4.78 is 70.3. The van der Waals surface area contributed by atoms with Crippen LogP contribution < -0.4 is 4.74 Å². The Hall–Kier alpha value is -3.88. The number of hydrogen-bond acceptors (Lipinski definition) is 6. The predicted octanol–water partition coefficient (Wildman–Crippen LogP) is 6.40. The van der Waals surface area contributed by atoms with Crippen molar-refractivity contribution >= 4 is 33.2 Å². The SMILES string of the molecule is N#C/C(=C\c1cc([N+](=O)[O-])ccc1Oc1cccc(C(F)(F)F)c1)S(=O)(=O)c1ccc(Cl)cc1. The van der Waals surface area contributed by atoms with Gasteiger partial charge in [0.25, 0.3) is 5.69 Å². The maximum Gasteiger partial charge on any atom is 0.416 e. The van der Waals surface area contributed by atoms with Crippen LogP contribution in [0.25, 0.3) is 6.08 Å². The van der Waals surface area contributed by atoms with Gasteiger partial charge in [-0.1, -0.05) is 17.7 Å². The van der Waals surface area contributed by atoms with Crippen LogP contribution in [0.2, 0.25) is 5.02 Å². The third kappa shape index (κ3) is 5.54. The molecule has 12 heteroatoms. The first-order valence-corrected chi connectivity index (χ1v) is 11.0. The Morgan fingerprint density at radius 1 is 1.09 bits per heavy atom. The molecule has 0 fully saturated rings. The van der Waals surface area contributed by atoms with Gasteiger partial charge in [-0.3, -0.25) is 10.1 Å². The first-order chi connectivity index (χ1) is 15.9. The minimum Gasteiger partial charge on any atom is -0.457 e. The van der Waals surface area contributed by atoms with Crippen molar-refractivity contribution in [1.82, 2.24) is 0 Å². The van der Waals surface area contributed by atoms with Gasteiger partial charge in [0.2, 0.25) is 9.84 Å². The smallest absolute Gasteiger partial charge is 0.416 e. The number of nitrogens with zero attached hydrogens (tertiary/aromatic N) is 2. The second-order valence-corrected chi connectivity index (χ2v) is 9.04. The van der Waals surface area contributed by atoms with Gasteiger partial charge in [0.1, 0.15) is 22.5 Å². The van der Waals surface area contributed by atoms with Crippen molar-refractivity contribution in [2.24, 2.45) is 0 Å². The Bertz CT molecular complexity index is 1430. The van der Waals surface area contributed by atoms with E-state index >= 15 is 0 Å². The van der Waals surface area contributed by atoms with E-state index in [0.717, 1.165) is 36.4 Å². The number of non-ortho nitro benzene ring substituents is 1. The third-order valence-corrected chi connectivity index (χ3v) is 6.34. The number of ether oxygens (including phenoxy) is 1. The number of allylic oxidation sites excluding steroid dienone is 1. The number of alkyl halides is 3. The van der Waals surface area contributed by atoms with E-state index in [4.69, 9.17) is 16.3 Å². The number of hydrogen-bond donors (Lipinski definition) is 0. The largest absolute Gasteiger partial charge is 0.457 e. The highest BCUT2D eigenvalue weighted by Gasteiger charge is 2.30. The number of nitro groups is 1. The molecule has 0 N–H and O–H groups in total. The summed E-state index contributed by atoms with van der Waals surface area (Å²) in [5, 5.41) is 21.0. The lowest BCUT2D eigenvalue weighted by Gasteiger charge is -2.12. The summed E-state index contributed by atoms with van der Waals surface area (Å²) in [4.78, 5) is 9.42. The van der Waals surface area contributed by atoms with Gasteiger partial charge in [0.05, 0.1) is 15.4 Å². The molecule has 174 valence electrons. The molecule has 0 atom stereocenters. The maximum absolute atomic E-state index is 13.0. The summed E-state index contributed by atoms with van der Waals surface area (Å²) in [5.41, 5.74) is -1.66. The number of nitriles is 1. The molecule has 3 aromatic carbocycles. The van der Waals surface area contributed by atoms with Crippen LogP contribution >= 0.6 is 11.6 Å². The van der Waals surface area contributed by atoms with Crippen molar-refractivity contribution in [3.63, 3.8) is 0 Å². The van der Waals surface area contributed by atoms with Crippen LogP contribution in [-0.2, 0) is 16.0 Å². The van der Waals surface area contributed by atoms with Gasteiger partial charge in [-0.05, 0) is 54.6 Å². The number of sulfone groups is 1. The first-order valence-electron chi connectivity index (χ1n) is 9.18. The lowest BCUT2D eigenvalue weighted by atomic mass is 10.1. The van der Waals surface area contributed by atoms with E-state index in [9.17, 15) is 37.0 Å². The molecule has 0 unspecified atom stereocenters. The molecule has 0 aromatic heterocycles. The van der Waals surface area contributed by atoms with E-state index in [1.54, 1.807) is 0 Å². The van der Waals surface area contributed by atoms with E-state index in [0.29, 0.717) is 6.07 Å². The molecular formula is C22H12ClF3N2O5S. The molecule has 0 aliphatic carbocycles. The lowest BCUT2D eigenvalue weighted by molar-refractivity contribution is -0.384. The van der Waals surface area contributed by atoms with Crippen molar-refractivity contribution in [3.8, 4) is 17.6 Å². The highest BCUT2D eigenvalue weighted by atomic mass is 35.5. The second-order valence-electron chi connectivity index (χ2n) is 6.68. The zero-order chi connectivity index (χ0) is 25.1. The van der Waals surface area contributed by atoms with Crippen molar-refractivity contribution < 1.29 is 31.2 Å². The van der Waals surface area contributed by atoms with Gasteiger partial charge in [0.15, 0.2) is 0 Å². The Morgan fingerprint density at radius 3 is 2.35 bits per heavy atom. The Labute approximate surface area is 196 Å². The van der Waals surface area contributed by atoms with E-state index in [2.05, 4.69) is 0 Å². The van der Waals surface area contributed by atoms with E-state index in [-0.39, 0.29) is 27.0 Å². The van der Waals surface area contributed by atoms with Crippen molar-refractivity contribution in [3.05, 3.63) is 97.9 Å². The fourth-order valence-corrected chi connectivity index (χ4v) is 4.05. The molecule has 0 amide bonds. The lowest BCUT2D eigenvalue weighted by Crippen LogP contribution is -2.05. The van der Waals surface area contributed by atoms with Gasteiger partial charge in [-0.2, -0.15) is 18.4 Å². The summed E-state index contributed by atoms with van der Waals surface area (Å²) in [6, 6.07) is 13.4. The van der Waals surface area contributed by atoms with Crippen LogP contribution in [0.15, 0.2) is 76.5 Å². The number of nitro benzene ring substituents is 1. The van der Waals surface area contributed by atoms with Gasteiger partial charge < -0.3 is 4.74 Å². The standard InChI is InChI=1S/C22H12ClF3N2O5S/c23-16-4-7-19(8-5-16)34(31,32)20(13-27)11-14-10-17(28(29)30)6-9-21(14)33-18-3-1-2-15(12-18)22(24,25)26/h1-12H/b20-11+. The van der Waals surface area contributed by atoms with E-state index in [1.165, 1.54) is 36.4 Å². The van der Waals surface area contributed by atoms with Crippen molar-refractivity contribution in [1.29, 1.82) is 5.26 Å². The van der Waals surface area contributed by atoms with Crippen LogP contribution in [0.5, 0.6) is 11.5 Å². The molecule has 3 rings (SSSR count). The molecule has 0 saturated heterocycles. The van der Waals surface area contributed by atoms with Gasteiger partial charge >= 0.3 is 6.18 Å². The van der Waals surface area contributed by atoms with Gasteiger partial charge in [0, 0.05) is 22.7 Å². The minimum absolute atomic E-state index is 0.205.